The third kappa shape index (κ3) is 3.78. The van der Waals surface area contributed by atoms with Crippen molar-refractivity contribution in [2.45, 2.75) is 32.5 Å². The lowest BCUT2D eigenvalue weighted by molar-refractivity contribution is -0.0515. The number of ether oxygens (including phenoxy) is 1. The van der Waals surface area contributed by atoms with E-state index >= 15 is 0 Å². The summed E-state index contributed by atoms with van der Waals surface area (Å²) in [6.45, 7) is -0.921. The molecule has 1 heterocycles. The molecule has 0 spiro atoms. The van der Waals surface area contributed by atoms with Gasteiger partial charge in [-0.25, -0.2) is 0 Å². The van der Waals surface area contributed by atoms with Crippen LogP contribution in [0, 0.1) is 0 Å². The van der Waals surface area contributed by atoms with E-state index < -0.39 is 12.7 Å². The number of aliphatic hydroxyl groups is 1. The van der Waals surface area contributed by atoms with E-state index in [2.05, 4.69) is 9.84 Å². The first-order chi connectivity index (χ1) is 10.0. The Hall–Kier alpha value is -1.95. The minimum atomic E-state index is -2.92. The Kier molecular flexibility index (Phi) is 4.90. The molecule has 0 saturated heterocycles. The minimum Gasteiger partial charge on any atom is -0.434 e. The second-order valence-corrected chi connectivity index (χ2v) is 4.74. The van der Waals surface area contributed by atoms with Gasteiger partial charge < -0.3 is 9.84 Å². The number of aliphatic hydroxyl groups excluding tert-OH is 1. The summed E-state index contributed by atoms with van der Waals surface area (Å²) < 4.78 is 30.9. The Bertz CT molecular complexity index is 599. The highest BCUT2D eigenvalue weighted by Gasteiger charge is 2.18. The zero-order chi connectivity index (χ0) is 15.4. The number of rotatable bonds is 6. The van der Waals surface area contributed by atoms with Crippen LogP contribution in [0.1, 0.15) is 30.0 Å². The zero-order valence-corrected chi connectivity index (χ0v) is 12.0. The van der Waals surface area contributed by atoms with Gasteiger partial charge in [-0.1, -0.05) is 25.1 Å². The Morgan fingerprint density at radius 3 is 2.67 bits per heavy atom. The number of aromatic nitrogens is 2. The number of aryl methyl sites for hydroxylation is 2. The number of hydrogen-bond donors (Lipinski definition) is 1. The summed E-state index contributed by atoms with van der Waals surface area (Å²) in [5, 5.41) is 14.6. The van der Waals surface area contributed by atoms with Crippen LogP contribution < -0.4 is 4.74 Å². The minimum absolute atomic E-state index is 0.00196. The van der Waals surface area contributed by atoms with Gasteiger partial charge in [0.15, 0.2) is 0 Å². The normalized spacial score (nSPS) is 12.7. The van der Waals surface area contributed by atoms with Gasteiger partial charge in [-0.2, -0.15) is 13.9 Å². The predicted octanol–water partition coefficient (Wildman–Crippen LogP) is 2.86. The molecular formula is C15H18F2N2O2. The van der Waals surface area contributed by atoms with Gasteiger partial charge in [0.25, 0.3) is 0 Å². The molecule has 1 aromatic carbocycles. The molecular weight excluding hydrogens is 278 g/mol. The van der Waals surface area contributed by atoms with Gasteiger partial charge in [0.1, 0.15) is 5.75 Å². The van der Waals surface area contributed by atoms with Gasteiger partial charge in [-0.05, 0) is 18.6 Å². The van der Waals surface area contributed by atoms with E-state index in [9.17, 15) is 13.9 Å². The number of benzene rings is 1. The van der Waals surface area contributed by atoms with Crippen LogP contribution in [0.25, 0.3) is 0 Å². The van der Waals surface area contributed by atoms with E-state index in [1.54, 1.807) is 29.9 Å². The lowest BCUT2D eigenvalue weighted by Gasteiger charge is -2.15. The number of hydrogen-bond acceptors (Lipinski definition) is 3. The largest absolute Gasteiger partial charge is 0.434 e. The molecule has 0 aliphatic rings. The quantitative estimate of drug-likeness (QED) is 0.891. The molecule has 1 aromatic heterocycles. The molecule has 2 aromatic rings. The van der Waals surface area contributed by atoms with Crippen LogP contribution in [0.5, 0.6) is 5.75 Å². The van der Waals surface area contributed by atoms with Gasteiger partial charge in [-0.15, -0.1) is 0 Å². The summed E-state index contributed by atoms with van der Waals surface area (Å²) in [6.07, 6.45) is 0.155. The van der Waals surface area contributed by atoms with Gasteiger partial charge in [0.2, 0.25) is 0 Å². The lowest BCUT2D eigenvalue weighted by Crippen LogP contribution is -2.10. The third-order valence-electron chi connectivity index (χ3n) is 3.29. The lowest BCUT2D eigenvalue weighted by atomic mass is 10.0. The summed E-state index contributed by atoms with van der Waals surface area (Å²) in [4.78, 5) is 0. The monoisotopic (exact) mass is 296 g/mol. The summed E-state index contributed by atoms with van der Waals surface area (Å²) >= 11 is 0. The Labute approximate surface area is 122 Å². The summed E-state index contributed by atoms with van der Waals surface area (Å²) in [5.41, 5.74) is 2.11. The Morgan fingerprint density at radius 1 is 1.33 bits per heavy atom. The van der Waals surface area contributed by atoms with E-state index in [-0.39, 0.29) is 12.2 Å². The molecule has 0 aliphatic heterocycles. The van der Waals surface area contributed by atoms with Crippen LogP contribution >= 0.6 is 0 Å². The van der Waals surface area contributed by atoms with Crippen LogP contribution in [-0.2, 0) is 19.9 Å². The smallest absolute Gasteiger partial charge is 0.387 e. The standard InChI is InChI=1S/C15H18F2N2O2/c1-3-10-8-11(19(2)18-10)9-13(20)12-6-4-5-7-14(12)21-15(16)17/h4-8,13,15,20H,3,9H2,1-2H3. The van der Waals surface area contributed by atoms with E-state index in [1.807, 2.05) is 13.0 Å². The molecule has 0 saturated carbocycles. The first kappa shape index (κ1) is 15.4. The molecule has 1 N–H and O–H groups in total. The second kappa shape index (κ2) is 6.67. The maximum atomic E-state index is 12.4. The maximum Gasteiger partial charge on any atom is 0.387 e. The van der Waals surface area contributed by atoms with Crippen molar-refractivity contribution in [1.82, 2.24) is 9.78 Å². The predicted molar refractivity (Wildman–Crippen MR) is 74.3 cm³/mol. The number of para-hydroxylation sites is 1. The van der Waals surface area contributed by atoms with Crippen molar-refractivity contribution in [2.75, 3.05) is 0 Å². The maximum absolute atomic E-state index is 12.4. The number of halogens is 2. The fourth-order valence-corrected chi connectivity index (χ4v) is 2.20. The molecule has 0 aliphatic carbocycles. The molecule has 4 nitrogen and oxygen atoms in total. The van der Waals surface area contributed by atoms with Gasteiger partial charge in [-0.3, -0.25) is 4.68 Å². The second-order valence-electron chi connectivity index (χ2n) is 4.74. The van der Waals surface area contributed by atoms with Crippen LogP contribution in [0.3, 0.4) is 0 Å². The molecule has 0 amide bonds. The van der Waals surface area contributed by atoms with Crippen LogP contribution in [0.4, 0.5) is 8.78 Å². The molecule has 1 unspecified atom stereocenters. The van der Waals surface area contributed by atoms with Crippen molar-refractivity contribution in [3.05, 3.63) is 47.3 Å². The summed E-state index contributed by atoms with van der Waals surface area (Å²) in [6, 6.07) is 8.18. The highest BCUT2D eigenvalue weighted by molar-refractivity contribution is 5.35. The SMILES string of the molecule is CCc1cc(CC(O)c2ccccc2OC(F)F)n(C)n1. The van der Waals surface area contributed by atoms with Gasteiger partial charge >= 0.3 is 6.61 Å². The highest BCUT2D eigenvalue weighted by atomic mass is 19.3. The molecule has 2 rings (SSSR count). The topological polar surface area (TPSA) is 47.3 Å². The van der Waals surface area contributed by atoms with Crippen molar-refractivity contribution >= 4 is 0 Å². The molecule has 0 fully saturated rings. The van der Waals surface area contributed by atoms with E-state index in [0.29, 0.717) is 5.56 Å². The van der Waals surface area contributed by atoms with Crippen molar-refractivity contribution in [1.29, 1.82) is 0 Å². The fraction of sp³-hybridized carbons (Fsp3) is 0.400. The Balaban J connectivity index is 2.19. The van der Waals surface area contributed by atoms with Crippen molar-refractivity contribution in [2.24, 2.45) is 7.05 Å². The highest BCUT2D eigenvalue weighted by Crippen LogP contribution is 2.28. The van der Waals surface area contributed by atoms with E-state index in [4.69, 9.17) is 0 Å². The van der Waals surface area contributed by atoms with Crippen molar-refractivity contribution < 1.29 is 18.6 Å². The molecule has 0 bridgehead atoms. The van der Waals surface area contributed by atoms with Crippen LogP contribution in [0.2, 0.25) is 0 Å². The van der Waals surface area contributed by atoms with E-state index in [1.165, 1.54) is 6.07 Å². The number of nitrogens with zero attached hydrogens (tertiary/aromatic N) is 2. The zero-order valence-electron chi connectivity index (χ0n) is 12.0. The fourth-order valence-electron chi connectivity index (χ4n) is 2.20. The number of alkyl halides is 2. The van der Waals surface area contributed by atoms with E-state index in [0.717, 1.165) is 17.8 Å². The summed E-state index contributed by atoms with van der Waals surface area (Å²) in [5.74, 6) is -0.00196. The Morgan fingerprint density at radius 2 is 2.05 bits per heavy atom. The van der Waals surface area contributed by atoms with Crippen molar-refractivity contribution in [3.8, 4) is 5.75 Å². The van der Waals surface area contributed by atoms with Crippen LogP contribution in [0.15, 0.2) is 30.3 Å². The first-order valence-electron chi connectivity index (χ1n) is 6.74. The average Bonchev–Trinajstić information content (AvgIpc) is 2.79. The summed E-state index contributed by atoms with van der Waals surface area (Å²) in [7, 11) is 1.79. The van der Waals surface area contributed by atoms with Crippen molar-refractivity contribution in [3.63, 3.8) is 0 Å². The van der Waals surface area contributed by atoms with Crippen LogP contribution in [-0.4, -0.2) is 21.5 Å². The molecule has 21 heavy (non-hydrogen) atoms. The average molecular weight is 296 g/mol. The molecule has 1 atom stereocenters. The third-order valence-corrected chi connectivity index (χ3v) is 3.29. The molecule has 114 valence electrons. The molecule has 0 radical (unpaired) electrons. The van der Waals surface area contributed by atoms with Gasteiger partial charge in [0, 0.05) is 24.7 Å². The molecule has 6 heteroatoms. The van der Waals surface area contributed by atoms with Gasteiger partial charge in [0.05, 0.1) is 11.8 Å². The first-order valence-corrected chi connectivity index (χ1v) is 6.74.